The molecule has 5 nitrogen and oxygen atoms in total. The number of anilines is 2. The van der Waals surface area contributed by atoms with Gasteiger partial charge in [0.1, 0.15) is 6.04 Å². The second kappa shape index (κ2) is 5.56. The van der Waals surface area contributed by atoms with E-state index < -0.39 is 12.0 Å². The van der Waals surface area contributed by atoms with Crippen LogP contribution in [0.5, 0.6) is 0 Å². The molecule has 1 unspecified atom stereocenters. The fraction of sp³-hybridized carbons (Fsp3) is 0.167. The van der Waals surface area contributed by atoms with Crippen LogP contribution in [0.25, 0.3) is 0 Å². The van der Waals surface area contributed by atoms with Crippen molar-refractivity contribution in [1.82, 2.24) is 4.98 Å². The summed E-state index contributed by atoms with van der Waals surface area (Å²) >= 11 is 7.34. The van der Waals surface area contributed by atoms with Crippen molar-refractivity contribution >= 4 is 39.7 Å². The quantitative estimate of drug-likeness (QED) is 0.807. The van der Waals surface area contributed by atoms with Crippen LogP contribution in [0.15, 0.2) is 23.6 Å². The molecular formula is C12H12ClN3O2S. The standard InChI is InChI=1S/C12H12ClN3O2S/c1-6-2-3-7(13)8(4-6)15-12-16-9(5-19-12)10(14)11(17)18/h2-5,10H,14H2,1H3,(H,15,16)(H,17,18). The lowest BCUT2D eigenvalue weighted by Crippen LogP contribution is -2.20. The molecule has 7 heteroatoms. The van der Waals surface area contributed by atoms with Crippen LogP contribution in [0.3, 0.4) is 0 Å². The van der Waals surface area contributed by atoms with Crippen LogP contribution in [0, 0.1) is 6.92 Å². The number of aryl methyl sites for hydroxylation is 1. The van der Waals surface area contributed by atoms with Gasteiger partial charge in [0.05, 0.1) is 16.4 Å². The van der Waals surface area contributed by atoms with Crippen molar-refractivity contribution in [3.05, 3.63) is 39.9 Å². The molecule has 19 heavy (non-hydrogen) atoms. The van der Waals surface area contributed by atoms with Gasteiger partial charge in [-0.2, -0.15) is 0 Å². The number of nitrogens with two attached hydrogens (primary N) is 1. The number of carbonyl (C=O) groups is 1. The molecule has 0 aliphatic rings. The number of aromatic nitrogens is 1. The molecule has 1 atom stereocenters. The first-order chi connectivity index (χ1) is 8.97. The predicted octanol–water partition coefficient (Wildman–Crippen LogP) is 2.93. The van der Waals surface area contributed by atoms with Gasteiger partial charge < -0.3 is 16.2 Å². The maximum absolute atomic E-state index is 10.8. The van der Waals surface area contributed by atoms with Gasteiger partial charge in [0, 0.05) is 5.38 Å². The molecule has 1 aromatic heterocycles. The van der Waals surface area contributed by atoms with Gasteiger partial charge in [-0.05, 0) is 24.6 Å². The molecular weight excluding hydrogens is 286 g/mol. The molecule has 4 N–H and O–H groups in total. The van der Waals surface area contributed by atoms with Crippen molar-refractivity contribution in [3.63, 3.8) is 0 Å². The van der Waals surface area contributed by atoms with Crippen molar-refractivity contribution in [1.29, 1.82) is 0 Å². The molecule has 2 rings (SSSR count). The maximum atomic E-state index is 10.8. The van der Waals surface area contributed by atoms with E-state index in [1.165, 1.54) is 11.3 Å². The normalized spacial score (nSPS) is 12.2. The zero-order chi connectivity index (χ0) is 14.0. The Balaban J connectivity index is 2.20. The summed E-state index contributed by atoms with van der Waals surface area (Å²) in [6.45, 7) is 1.95. The summed E-state index contributed by atoms with van der Waals surface area (Å²) < 4.78 is 0. The molecule has 1 heterocycles. The van der Waals surface area contributed by atoms with Gasteiger partial charge in [-0.1, -0.05) is 17.7 Å². The Bertz CT molecular complexity index is 615. The monoisotopic (exact) mass is 297 g/mol. The highest BCUT2D eigenvalue weighted by Crippen LogP contribution is 2.28. The molecule has 0 saturated heterocycles. The molecule has 100 valence electrons. The average molecular weight is 298 g/mol. The van der Waals surface area contributed by atoms with Gasteiger partial charge in [0.15, 0.2) is 5.13 Å². The van der Waals surface area contributed by atoms with E-state index in [1.54, 1.807) is 11.4 Å². The summed E-state index contributed by atoms with van der Waals surface area (Å²) in [7, 11) is 0. The van der Waals surface area contributed by atoms with Crippen LogP contribution < -0.4 is 11.1 Å². The van der Waals surface area contributed by atoms with Gasteiger partial charge in [-0.3, -0.25) is 4.79 Å². The third-order valence-electron chi connectivity index (χ3n) is 2.47. The SMILES string of the molecule is Cc1ccc(Cl)c(Nc2nc(C(N)C(=O)O)cs2)c1. The Morgan fingerprint density at radius 1 is 1.58 bits per heavy atom. The van der Waals surface area contributed by atoms with E-state index in [0.29, 0.717) is 15.8 Å². The summed E-state index contributed by atoms with van der Waals surface area (Å²) in [5.74, 6) is -1.11. The molecule has 0 aliphatic carbocycles. The van der Waals surface area contributed by atoms with Crippen molar-refractivity contribution in [2.24, 2.45) is 5.73 Å². The van der Waals surface area contributed by atoms with Crippen molar-refractivity contribution in [3.8, 4) is 0 Å². The average Bonchev–Trinajstić information content (AvgIpc) is 2.81. The number of nitrogens with zero attached hydrogens (tertiary/aromatic N) is 1. The number of thiazole rings is 1. The Kier molecular flexibility index (Phi) is 4.04. The fourth-order valence-electron chi connectivity index (χ4n) is 1.46. The van der Waals surface area contributed by atoms with Crippen LogP contribution in [-0.2, 0) is 4.79 Å². The molecule has 1 aromatic carbocycles. The third-order valence-corrected chi connectivity index (χ3v) is 3.58. The smallest absolute Gasteiger partial charge is 0.326 e. The molecule has 0 aliphatic heterocycles. The van der Waals surface area contributed by atoms with E-state index in [0.717, 1.165) is 11.3 Å². The van der Waals surface area contributed by atoms with Crippen molar-refractivity contribution < 1.29 is 9.90 Å². The molecule has 0 fully saturated rings. The number of hydrogen-bond acceptors (Lipinski definition) is 5. The maximum Gasteiger partial charge on any atom is 0.326 e. The zero-order valence-corrected chi connectivity index (χ0v) is 11.6. The van der Waals surface area contributed by atoms with E-state index in [2.05, 4.69) is 10.3 Å². The van der Waals surface area contributed by atoms with E-state index in [1.807, 2.05) is 19.1 Å². The highest BCUT2D eigenvalue weighted by Gasteiger charge is 2.17. The minimum atomic E-state index is -1.11. The zero-order valence-electron chi connectivity index (χ0n) is 10.1. The highest BCUT2D eigenvalue weighted by molar-refractivity contribution is 7.13. The van der Waals surface area contributed by atoms with Crippen LogP contribution >= 0.6 is 22.9 Å². The number of carboxylic acid groups (broad SMARTS) is 1. The van der Waals surface area contributed by atoms with Crippen LogP contribution in [0.4, 0.5) is 10.8 Å². The van der Waals surface area contributed by atoms with Gasteiger partial charge in [0.2, 0.25) is 0 Å². The van der Waals surface area contributed by atoms with Crippen LogP contribution in [0.2, 0.25) is 5.02 Å². The predicted molar refractivity (Wildman–Crippen MR) is 76.1 cm³/mol. The van der Waals surface area contributed by atoms with E-state index in [-0.39, 0.29) is 0 Å². The van der Waals surface area contributed by atoms with Gasteiger partial charge in [-0.15, -0.1) is 11.3 Å². The number of carboxylic acids is 1. The molecule has 0 bridgehead atoms. The van der Waals surface area contributed by atoms with Gasteiger partial charge >= 0.3 is 5.97 Å². The van der Waals surface area contributed by atoms with Crippen molar-refractivity contribution in [2.75, 3.05) is 5.32 Å². The molecule has 2 aromatic rings. The first kappa shape index (κ1) is 13.8. The lowest BCUT2D eigenvalue weighted by atomic mass is 10.2. The molecule has 0 spiro atoms. The summed E-state index contributed by atoms with van der Waals surface area (Å²) in [4.78, 5) is 14.9. The first-order valence-corrected chi connectivity index (χ1v) is 6.70. The number of hydrogen-bond donors (Lipinski definition) is 3. The van der Waals surface area contributed by atoms with Gasteiger partial charge in [-0.25, -0.2) is 4.98 Å². The Morgan fingerprint density at radius 3 is 3.00 bits per heavy atom. The fourth-order valence-corrected chi connectivity index (χ4v) is 2.39. The minimum absolute atomic E-state index is 0.323. The number of benzene rings is 1. The minimum Gasteiger partial charge on any atom is -0.480 e. The summed E-state index contributed by atoms with van der Waals surface area (Å²) in [6, 6.07) is 4.47. The third kappa shape index (κ3) is 3.23. The number of nitrogens with one attached hydrogen (secondary N) is 1. The highest BCUT2D eigenvalue weighted by atomic mass is 35.5. The topological polar surface area (TPSA) is 88.2 Å². The number of rotatable bonds is 4. The molecule has 0 radical (unpaired) electrons. The lowest BCUT2D eigenvalue weighted by molar-refractivity contribution is -0.138. The largest absolute Gasteiger partial charge is 0.480 e. The van der Waals surface area contributed by atoms with Gasteiger partial charge in [0.25, 0.3) is 0 Å². The Morgan fingerprint density at radius 2 is 2.32 bits per heavy atom. The second-order valence-corrected chi connectivity index (χ2v) is 5.27. The second-order valence-electron chi connectivity index (χ2n) is 4.00. The number of halogens is 1. The summed E-state index contributed by atoms with van der Waals surface area (Å²) in [6.07, 6.45) is 0. The van der Waals surface area contributed by atoms with Crippen LogP contribution in [0.1, 0.15) is 17.3 Å². The summed E-state index contributed by atoms with van der Waals surface area (Å²) in [5.41, 5.74) is 7.60. The molecule has 0 amide bonds. The van der Waals surface area contributed by atoms with E-state index >= 15 is 0 Å². The van der Waals surface area contributed by atoms with E-state index in [4.69, 9.17) is 22.4 Å². The van der Waals surface area contributed by atoms with Crippen LogP contribution in [-0.4, -0.2) is 16.1 Å². The first-order valence-electron chi connectivity index (χ1n) is 5.44. The lowest BCUT2D eigenvalue weighted by Gasteiger charge is -2.06. The van der Waals surface area contributed by atoms with E-state index in [9.17, 15) is 4.79 Å². The molecule has 0 saturated carbocycles. The Hall–Kier alpha value is -1.63. The Labute approximate surface area is 119 Å². The van der Waals surface area contributed by atoms with Crippen molar-refractivity contribution in [2.45, 2.75) is 13.0 Å². The summed E-state index contributed by atoms with van der Waals surface area (Å²) in [5, 5.41) is 14.6. The number of aliphatic carboxylic acids is 1.